The van der Waals surface area contributed by atoms with Crippen molar-refractivity contribution < 1.29 is 8.91 Å². The Morgan fingerprint density at radius 3 is 2.89 bits per heavy atom. The monoisotopic (exact) mass is 276 g/mol. The number of hydrogen-bond donors (Lipinski definition) is 1. The lowest BCUT2D eigenvalue weighted by Crippen LogP contribution is -2.10. The molecule has 0 saturated heterocycles. The van der Waals surface area contributed by atoms with Crippen molar-refractivity contribution in [1.29, 1.82) is 0 Å². The van der Waals surface area contributed by atoms with Gasteiger partial charge in [0.15, 0.2) is 0 Å². The zero-order valence-electron chi connectivity index (χ0n) is 9.65. The molecule has 2 N–H and O–H groups in total. The fraction of sp³-hybridized carbons (Fsp3) is 0.0833. The second kappa shape index (κ2) is 4.87. The molecule has 3 aromatic rings. The van der Waals surface area contributed by atoms with Crippen LogP contribution in [0.2, 0.25) is 0 Å². The van der Waals surface area contributed by atoms with Crippen LogP contribution in [0.5, 0.6) is 0 Å². The zero-order valence-corrected chi connectivity index (χ0v) is 10.5. The number of hydrogen-bond acceptors (Lipinski definition) is 6. The molecule has 3 aromatic heterocycles. The number of nitrogens with two attached hydrogens (primary N) is 1. The minimum absolute atomic E-state index is 0.294. The average molecular weight is 276 g/mol. The molecule has 0 amide bonds. The molecule has 1 unspecified atom stereocenters. The maximum atomic E-state index is 12.8. The van der Waals surface area contributed by atoms with Gasteiger partial charge in [0.05, 0.1) is 6.20 Å². The summed E-state index contributed by atoms with van der Waals surface area (Å²) < 4.78 is 17.9. The van der Waals surface area contributed by atoms with Gasteiger partial charge in [-0.25, -0.2) is 9.37 Å². The Bertz CT molecular complexity index is 665. The highest BCUT2D eigenvalue weighted by molar-refractivity contribution is 7.10. The third-order valence-corrected chi connectivity index (χ3v) is 3.47. The highest BCUT2D eigenvalue weighted by Crippen LogP contribution is 2.24. The molecular formula is C12H9FN4OS. The summed E-state index contributed by atoms with van der Waals surface area (Å²) in [5, 5.41) is 5.73. The second-order valence-corrected chi connectivity index (χ2v) is 4.79. The lowest BCUT2D eigenvalue weighted by atomic mass is 10.2. The first-order chi connectivity index (χ1) is 9.24. The quantitative estimate of drug-likeness (QED) is 0.794. The topological polar surface area (TPSA) is 77.8 Å². The number of halogens is 1. The van der Waals surface area contributed by atoms with Gasteiger partial charge < -0.3 is 10.3 Å². The SMILES string of the molecule is NC(c1nc(-c2ccc(F)cn2)no1)c1cccs1. The summed E-state index contributed by atoms with van der Waals surface area (Å²) in [7, 11) is 0. The van der Waals surface area contributed by atoms with Gasteiger partial charge in [-0.05, 0) is 23.6 Å². The van der Waals surface area contributed by atoms with Gasteiger partial charge in [-0.15, -0.1) is 11.3 Å². The summed E-state index contributed by atoms with van der Waals surface area (Å²) in [6.45, 7) is 0. The molecule has 0 aliphatic heterocycles. The molecule has 0 aliphatic carbocycles. The highest BCUT2D eigenvalue weighted by atomic mass is 32.1. The third kappa shape index (κ3) is 2.38. The van der Waals surface area contributed by atoms with Crippen molar-refractivity contribution in [3.05, 3.63) is 52.4 Å². The normalized spacial score (nSPS) is 12.5. The largest absolute Gasteiger partial charge is 0.337 e. The van der Waals surface area contributed by atoms with Crippen molar-refractivity contribution in [3.63, 3.8) is 0 Å². The number of rotatable bonds is 3. The predicted octanol–water partition coefficient (Wildman–Crippen LogP) is 2.38. The first-order valence-electron chi connectivity index (χ1n) is 5.48. The Hall–Kier alpha value is -2.12. The van der Waals surface area contributed by atoms with E-state index in [1.165, 1.54) is 23.5 Å². The minimum atomic E-state index is -0.457. The van der Waals surface area contributed by atoms with Crippen LogP contribution in [-0.4, -0.2) is 15.1 Å². The van der Waals surface area contributed by atoms with Crippen molar-refractivity contribution in [2.24, 2.45) is 5.73 Å². The Labute approximate surface area is 111 Å². The smallest absolute Gasteiger partial charge is 0.249 e. The number of thiophene rings is 1. The maximum Gasteiger partial charge on any atom is 0.249 e. The Kier molecular flexibility index (Phi) is 3.06. The molecular weight excluding hydrogens is 267 g/mol. The lowest BCUT2D eigenvalue weighted by molar-refractivity contribution is 0.368. The van der Waals surface area contributed by atoms with Crippen molar-refractivity contribution in [3.8, 4) is 11.5 Å². The molecule has 0 radical (unpaired) electrons. The first-order valence-corrected chi connectivity index (χ1v) is 6.36. The van der Waals surface area contributed by atoms with Gasteiger partial charge >= 0.3 is 0 Å². The van der Waals surface area contributed by atoms with E-state index in [2.05, 4.69) is 15.1 Å². The number of pyridine rings is 1. The first kappa shape index (κ1) is 11.9. The molecule has 7 heteroatoms. The molecule has 96 valence electrons. The van der Waals surface area contributed by atoms with Gasteiger partial charge in [-0.2, -0.15) is 4.98 Å². The van der Waals surface area contributed by atoms with Crippen LogP contribution in [-0.2, 0) is 0 Å². The van der Waals surface area contributed by atoms with E-state index >= 15 is 0 Å². The van der Waals surface area contributed by atoms with Gasteiger partial charge in [0.25, 0.3) is 0 Å². The van der Waals surface area contributed by atoms with E-state index in [0.29, 0.717) is 17.4 Å². The molecule has 0 spiro atoms. The van der Waals surface area contributed by atoms with Crippen LogP contribution >= 0.6 is 11.3 Å². The van der Waals surface area contributed by atoms with Gasteiger partial charge in [0.1, 0.15) is 17.6 Å². The van der Waals surface area contributed by atoms with E-state index in [0.717, 1.165) is 11.1 Å². The van der Waals surface area contributed by atoms with Gasteiger partial charge in [0.2, 0.25) is 11.7 Å². The van der Waals surface area contributed by atoms with E-state index in [9.17, 15) is 4.39 Å². The van der Waals surface area contributed by atoms with Gasteiger partial charge in [0, 0.05) is 4.88 Å². The van der Waals surface area contributed by atoms with Crippen LogP contribution in [0.4, 0.5) is 4.39 Å². The fourth-order valence-electron chi connectivity index (χ4n) is 1.56. The summed E-state index contributed by atoms with van der Waals surface area (Å²) in [6, 6.07) is 6.12. The van der Waals surface area contributed by atoms with Crippen molar-refractivity contribution in [2.45, 2.75) is 6.04 Å². The van der Waals surface area contributed by atoms with E-state index in [-0.39, 0.29) is 0 Å². The van der Waals surface area contributed by atoms with E-state index < -0.39 is 11.9 Å². The van der Waals surface area contributed by atoms with Crippen LogP contribution in [0.1, 0.15) is 16.8 Å². The Balaban J connectivity index is 1.89. The van der Waals surface area contributed by atoms with Crippen molar-refractivity contribution >= 4 is 11.3 Å². The standard InChI is InChI=1S/C12H9FN4OS/c13-7-3-4-8(15-6-7)11-16-12(18-17-11)10(14)9-2-1-5-19-9/h1-6,10H,14H2. The van der Waals surface area contributed by atoms with Crippen molar-refractivity contribution in [2.75, 3.05) is 0 Å². The van der Waals surface area contributed by atoms with E-state index in [4.69, 9.17) is 10.3 Å². The number of aromatic nitrogens is 3. The Morgan fingerprint density at radius 1 is 1.32 bits per heavy atom. The summed E-state index contributed by atoms with van der Waals surface area (Å²) >= 11 is 1.51. The molecule has 0 aromatic carbocycles. The zero-order chi connectivity index (χ0) is 13.2. The summed E-state index contributed by atoms with van der Waals surface area (Å²) in [6.07, 6.45) is 1.10. The van der Waals surface area contributed by atoms with Gasteiger partial charge in [-0.1, -0.05) is 11.2 Å². The molecule has 19 heavy (non-hydrogen) atoms. The Morgan fingerprint density at radius 2 is 2.21 bits per heavy atom. The van der Waals surface area contributed by atoms with Crippen LogP contribution in [0.25, 0.3) is 11.5 Å². The maximum absolute atomic E-state index is 12.8. The molecule has 0 saturated carbocycles. The third-order valence-electron chi connectivity index (χ3n) is 2.51. The molecule has 5 nitrogen and oxygen atoms in total. The fourth-order valence-corrected chi connectivity index (χ4v) is 2.28. The van der Waals surface area contributed by atoms with E-state index in [1.807, 2.05) is 17.5 Å². The number of nitrogens with zero attached hydrogens (tertiary/aromatic N) is 3. The summed E-state index contributed by atoms with van der Waals surface area (Å²) in [5.74, 6) is 0.188. The summed E-state index contributed by atoms with van der Waals surface area (Å²) in [5.41, 5.74) is 6.45. The van der Waals surface area contributed by atoms with Crippen LogP contribution in [0, 0.1) is 5.82 Å². The predicted molar refractivity (Wildman–Crippen MR) is 67.8 cm³/mol. The van der Waals surface area contributed by atoms with Crippen LogP contribution in [0.3, 0.4) is 0 Å². The molecule has 3 rings (SSSR count). The molecule has 0 bridgehead atoms. The van der Waals surface area contributed by atoms with Crippen molar-refractivity contribution in [1.82, 2.24) is 15.1 Å². The van der Waals surface area contributed by atoms with Gasteiger partial charge in [-0.3, -0.25) is 0 Å². The molecule has 1 atom stereocenters. The van der Waals surface area contributed by atoms with Crippen LogP contribution in [0.15, 0.2) is 40.4 Å². The lowest BCUT2D eigenvalue weighted by Gasteiger charge is -2.01. The summed E-state index contributed by atoms with van der Waals surface area (Å²) in [4.78, 5) is 9.00. The average Bonchev–Trinajstić information content (AvgIpc) is 3.10. The highest BCUT2D eigenvalue weighted by Gasteiger charge is 2.18. The molecule has 3 heterocycles. The van der Waals surface area contributed by atoms with Crippen LogP contribution < -0.4 is 5.73 Å². The van der Waals surface area contributed by atoms with E-state index in [1.54, 1.807) is 0 Å². The molecule has 0 fully saturated rings. The second-order valence-electron chi connectivity index (χ2n) is 3.81. The minimum Gasteiger partial charge on any atom is -0.337 e. The molecule has 0 aliphatic rings.